The third-order valence-corrected chi connectivity index (χ3v) is 13.0. The number of nitriles is 1. The van der Waals surface area contributed by atoms with Crippen LogP contribution in [0.1, 0.15) is 122 Å². The number of nitro groups is 1. The predicted molar refractivity (Wildman–Crippen MR) is 243 cm³/mol. The molecule has 2 aliphatic heterocycles. The van der Waals surface area contributed by atoms with E-state index in [4.69, 9.17) is 43.0 Å². The van der Waals surface area contributed by atoms with Crippen molar-refractivity contribution in [2.45, 2.75) is 153 Å². The van der Waals surface area contributed by atoms with Crippen LogP contribution in [0, 0.1) is 21.4 Å². The van der Waals surface area contributed by atoms with Crippen LogP contribution in [-0.4, -0.2) is 76.2 Å². The molecule has 2 N–H and O–H groups in total. The SMILES string of the molecule is CCCCCCCCCCCCCCCCOC[C@H](COP(=O)(OC[C@H]1O[C@@](C#N)(c2ccc3c(N)ncnn23)[C@@H]2OC(C)(C)O[C@@H]21)Oc1ccc([N+](=O)[O-])cc1)OCc1ccccc1. The van der Waals surface area contributed by atoms with Crippen molar-refractivity contribution < 1.29 is 46.7 Å². The highest BCUT2D eigenvalue weighted by molar-refractivity contribution is 7.48. The van der Waals surface area contributed by atoms with Crippen molar-refractivity contribution in [2.75, 3.05) is 32.2 Å². The molecule has 2 saturated heterocycles. The Morgan fingerprint density at radius 3 is 2.18 bits per heavy atom. The molecule has 4 aromatic rings. The summed E-state index contributed by atoms with van der Waals surface area (Å²) in [5, 5.41) is 26.5. The molecule has 18 heteroatoms. The first-order valence-electron chi connectivity index (χ1n) is 23.1. The predicted octanol–water partition coefficient (Wildman–Crippen LogP) is 10.2. The average molecular weight is 921 g/mol. The summed E-state index contributed by atoms with van der Waals surface area (Å²) in [6, 6.07) is 20.2. The van der Waals surface area contributed by atoms with Crippen LogP contribution in [0.25, 0.3) is 5.52 Å². The Kier molecular flexibility index (Phi) is 18.7. The summed E-state index contributed by atoms with van der Waals surface area (Å²) in [6.07, 6.45) is 15.3. The number of nitrogens with two attached hydrogens (primary N) is 1. The molecule has 0 aliphatic carbocycles. The molecule has 17 nitrogen and oxygen atoms in total. The van der Waals surface area contributed by atoms with E-state index in [2.05, 4.69) is 23.1 Å². The van der Waals surface area contributed by atoms with Crippen molar-refractivity contribution in [3.05, 3.63) is 94.4 Å². The highest BCUT2D eigenvalue weighted by Crippen LogP contribution is 2.53. The molecule has 4 heterocycles. The number of fused-ring (bicyclic) bond motifs is 2. The number of anilines is 1. The second kappa shape index (κ2) is 24.3. The number of phosphoric ester groups is 1. The molecule has 0 amide bonds. The van der Waals surface area contributed by atoms with Crippen LogP contribution in [0.15, 0.2) is 73.1 Å². The van der Waals surface area contributed by atoms with Crippen LogP contribution in [0.3, 0.4) is 0 Å². The van der Waals surface area contributed by atoms with Gasteiger partial charge in [-0.05, 0) is 50.1 Å². The Hall–Kier alpha value is -4.50. The normalized spacial score (nSPS) is 21.5. The number of ether oxygens (including phenoxy) is 5. The Morgan fingerprint density at radius 2 is 1.54 bits per heavy atom. The van der Waals surface area contributed by atoms with Gasteiger partial charge in [-0.1, -0.05) is 121 Å². The Labute approximate surface area is 381 Å². The van der Waals surface area contributed by atoms with Crippen molar-refractivity contribution in [3.8, 4) is 11.8 Å². The molecule has 2 aromatic heterocycles. The van der Waals surface area contributed by atoms with Gasteiger partial charge in [0.25, 0.3) is 5.69 Å². The van der Waals surface area contributed by atoms with E-state index in [9.17, 15) is 19.9 Å². The van der Waals surface area contributed by atoms with Crippen molar-refractivity contribution >= 4 is 24.8 Å². The fourth-order valence-electron chi connectivity index (χ4n) is 8.20. The number of rotatable bonds is 30. The number of nitro benzene ring substituents is 1. The molecule has 2 fully saturated rings. The zero-order valence-electron chi connectivity index (χ0n) is 37.9. The fraction of sp³-hybridized carbons (Fsp3) is 0.596. The van der Waals surface area contributed by atoms with Gasteiger partial charge in [0.2, 0.25) is 5.60 Å². The number of phosphoric acid groups is 1. The Bertz CT molecular complexity index is 2170. The summed E-state index contributed by atoms with van der Waals surface area (Å²) in [6.45, 7) is 5.87. The lowest BCUT2D eigenvalue weighted by Crippen LogP contribution is -2.40. The van der Waals surface area contributed by atoms with Crippen LogP contribution in [0.5, 0.6) is 5.75 Å². The molecule has 2 aliphatic rings. The van der Waals surface area contributed by atoms with E-state index in [1.807, 2.05) is 30.3 Å². The van der Waals surface area contributed by atoms with E-state index < -0.39 is 55.2 Å². The smallest absolute Gasteiger partial charge is 0.404 e. The zero-order valence-corrected chi connectivity index (χ0v) is 38.8. The quantitative estimate of drug-likeness (QED) is 0.0223. The van der Waals surface area contributed by atoms with Crippen LogP contribution in [0.4, 0.5) is 11.5 Å². The molecule has 6 rings (SSSR count). The molecule has 6 atom stereocenters. The molecule has 354 valence electrons. The number of unbranched alkanes of at least 4 members (excludes halogenated alkanes) is 13. The van der Waals surface area contributed by atoms with E-state index in [0.29, 0.717) is 17.8 Å². The number of nitrogens with zero attached hydrogens (tertiary/aromatic N) is 5. The number of hydrogen-bond acceptors (Lipinski definition) is 15. The fourth-order valence-corrected chi connectivity index (χ4v) is 9.44. The second-order valence-corrected chi connectivity index (χ2v) is 18.7. The van der Waals surface area contributed by atoms with Gasteiger partial charge in [0.05, 0.1) is 37.0 Å². The van der Waals surface area contributed by atoms with Crippen molar-refractivity contribution in [2.24, 2.45) is 0 Å². The first-order chi connectivity index (χ1) is 31.5. The maximum Gasteiger partial charge on any atom is 0.530 e. The number of aromatic nitrogens is 3. The van der Waals surface area contributed by atoms with Crippen molar-refractivity contribution in [3.63, 3.8) is 0 Å². The minimum Gasteiger partial charge on any atom is -0.404 e. The molecule has 2 aromatic carbocycles. The van der Waals surface area contributed by atoms with Gasteiger partial charge >= 0.3 is 7.82 Å². The third kappa shape index (κ3) is 14.0. The minimum absolute atomic E-state index is 0.00941. The highest BCUT2D eigenvalue weighted by Gasteiger charge is 2.65. The van der Waals surface area contributed by atoms with Crippen LogP contribution >= 0.6 is 7.82 Å². The molecule has 0 spiro atoms. The van der Waals surface area contributed by atoms with Crippen LogP contribution < -0.4 is 10.3 Å². The number of non-ortho nitro benzene ring substituents is 1. The van der Waals surface area contributed by atoms with Gasteiger partial charge in [-0.2, -0.15) is 10.4 Å². The van der Waals surface area contributed by atoms with Gasteiger partial charge in [0, 0.05) is 18.7 Å². The van der Waals surface area contributed by atoms with Crippen LogP contribution in [-0.2, 0) is 49.5 Å². The first kappa shape index (κ1) is 49.9. The third-order valence-electron chi connectivity index (χ3n) is 11.6. The average Bonchev–Trinajstić information content (AvgIpc) is 3.97. The molecule has 1 unspecified atom stereocenters. The number of hydrogen-bond donors (Lipinski definition) is 1. The van der Waals surface area contributed by atoms with E-state index in [-0.39, 0.29) is 37.1 Å². The van der Waals surface area contributed by atoms with Crippen molar-refractivity contribution in [1.82, 2.24) is 14.6 Å². The van der Waals surface area contributed by atoms with Crippen molar-refractivity contribution in [1.29, 1.82) is 5.26 Å². The lowest BCUT2D eigenvalue weighted by Gasteiger charge is -2.29. The Balaban J connectivity index is 1.09. The van der Waals surface area contributed by atoms with Gasteiger partial charge in [0.15, 0.2) is 11.6 Å². The number of nitrogen functional groups attached to an aromatic ring is 1. The monoisotopic (exact) mass is 920 g/mol. The molecule has 0 bridgehead atoms. The van der Waals surface area contributed by atoms with E-state index in [1.165, 1.54) is 106 Å². The van der Waals surface area contributed by atoms with Crippen LogP contribution in [0.2, 0.25) is 0 Å². The van der Waals surface area contributed by atoms with E-state index in [1.54, 1.807) is 26.0 Å². The molecule has 0 radical (unpaired) electrons. The largest absolute Gasteiger partial charge is 0.530 e. The molecule has 0 saturated carbocycles. The van der Waals surface area contributed by atoms with Gasteiger partial charge in [-0.3, -0.25) is 19.2 Å². The molecule has 65 heavy (non-hydrogen) atoms. The van der Waals surface area contributed by atoms with Gasteiger partial charge in [-0.25, -0.2) is 14.1 Å². The topological polar surface area (TPSA) is 214 Å². The molecular formula is C47H65N6O11P. The summed E-state index contributed by atoms with van der Waals surface area (Å²) in [5.74, 6) is -0.943. The minimum atomic E-state index is -4.59. The first-order valence-corrected chi connectivity index (χ1v) is 24.5. The standard InChI is InChI=1S/C47H65N6O11P/c1-4-5-6-7-8-9-10-11-12-13-14-15-16-20-29-57-31-39(58-30-36-21-18-17-19-22-36)32-59-65(56,64-38-25-23-37(24-26-38)53(54)55)60-33-41-43-44(63-46(2,3)62-43)47(34-48,61-41)42-28-27-40-45(49)50-35-51-52(40)42/h17-19,21-28,35,39,41,43-44H,4-16,20,29-33H2,1-3H3,(H2,49,50,51)/t39-,41-,43-,44-,47+,65?/m1/s1. The Morgan fingerprint density at radius 1 is 0.877 bits per heavy atom. The van der Waals surface area contributed by atoms with E-state index in [0.717, 1.165) is 24.8 Å². The molecular weight excluding hydrogens is 856 g/mol. The summed E-state index contributed by atoms with van der Waals surface area (Å²) in [5.41, 5.74) is 5.85. The number of benzene rings is 2. The summed E-state index contributed by atoms with van der Waals surface area (Å²) in [4.78, 5) is 14.9. The van der Waals surface area contributed by atoms with Gasteiger partial charge < -0.3 is 33.9 Å². The lowest BCUT2D eigenvalue weighted by molar-refractivity contribution is -0.384. The summed E-state index contributed by atoms with van der Waals surface area (Å²) in [7, 11) is -4.59. The maximum atomic E-state index is 14.7. The van der Waals surface area contributed by atoms with Gasteiger partial charge in [0.1, 0.15) is 48.1 Å². The van der Waals surface area contributed by atoms with Gasteiger partial charge in [-0.15, -0.1) is 0 Å². The second-order valence-electron chi connectivity index (χ2n) is 17.2. The summed E-state index contributed by atoms with van der Waals surface area (Å²) >= 11 is 0. The highest BCUT2D eigenvalue weighted by atomic mass is 31.2. The zero-order chi connectivity index (χ0) is 46.1. The lowest BCUT2D eigenvalue weighted by atomic mass is 9.92. The maximum absolute atomic E-state index is 14.7. The summed E-state index contributed by atoms with van der Waals surface area (Å²) < 4.78 is 65.5. The van der Waals surface area contributed by atoms with E-state index >= 15 is 0 Å².